The zero-order valence-electron chi connectivity index (χ0n) is 16.6. The van der Waals surface area contributed by atoms with Crippen LogP contribution in [-0.2, 0) is 16.1 Å². The van der Waals surface area contributed by atoms with Crippen LogP contribution in [0.15, 0.2) is 53.0 Å². The fourth-order valence-corrected chi connectivity index (χ4v) is 2.89. The summed E-state index contributed by atoms with van der Waals surface area (Å²) in [7, 11) is 0. The third kappa shape index (κ3) is 6.68. The van der Waals surface area contributed by atoms with Gasteiger partial charge in [-0.2, -0.15) is 0 Å². The molecular formula is C22H27BrN2O3. The summed E-state index contributed by atoms with van der Waals surface area (Å²) >= 11 is 3.41. The summed E-state index contributed by atoms with van der Waals surface area (Å²) in [4.78, 5) is 26.9. The first-order chi connectivity index (χ1) is 13.4. The highest BCUT2D eigenvalue weighted by atomic mass is 79.9. The van der Waals surface area contributed by atoms with Crippen molar-refractivity contribution in [1.29, 1.82) is 0 Å². The number of rotatable bonds is 9. The van der Waals surface area contributed by atoms with E-state index in [0.29, 0.717) is 18.8 Å². The number of hydrogen-bond donors (Lipinski definition) is 1. The molecule has 2 aromatic carbocycles. The van der Waals surface area contributed by atoms with E-state index in [2.05, 4.69) is 21.2 Å². The number of halogens is 1. The highest BCUT2D eigenvalue weighted by Gasteiger charge is 2.26. The molecule has 0 radical (unpaired) electrons. The molecule has 28 heavy (non-hydrogen) atoms. The van der Waals surface area contributed by atoms with Crippen molar-refractivity contribution in [3.63, 3.8) is 0 Å². The van der Waals surface area contributed by atoms with Gasteiger partial charge in [0.05, 0.1) is 0 Å². The minimum absolute atomic E-state index is 0.120. The van der Waals surface area contributed by atoms with Gasteiger partial charge in [-0.1, -0.05) is 52.7 Å². The lowest BCUT2D eigenvalue weighted by atomic mass is 10.1. The van der Waals surface area contributed by atoms with Gasteiger partial charge in [0.2, 0.25) is 5.91 Å². The lowest BCUT2D eigenvalue weighted by molar-refractivity contribution is -0.142. The summed E-state index contributed by atoms with van der Waals surface area (Å²) < 4.78 is 6.60. The Kier molecular flexibility index (Phi) is 8.51. The van der Waals surface area contributed by atoms with E-state index in [9.17, 15) is 9.59 Å². The number of carbonyl (C=O) groups excluding carboxylic acids is 2. The molecule has 0 heterocycles. The molecule has 0 saturated carbocycles. The summed E-state index contributed by atoms with van der Waals surface area (Å²) in [5.74, 6) is 0.232. The molecule has 0 aromatic heterocycles. The van der Waals surface area contributed by atoms with Crippen molar-refractivity contribution < 1.29 is 14.3 Å². The van der Waals surface area contributed by atoms with Crippen LogP contribution in [0.2, 0.25) is 0 Å². The second-order valence-corrected chi connectivity index (χ2v) is 7.63. The second kappa shape index (κ2) is 10.9. The topological polar surface area (TPSA) is 58.6 Å². The third-order valence-corrected chi connectivity index (χ3v) is 4.89. The van der Waals surface area contributed by atoms with Crippen LogP contribution in [0.1, 0.15) is 31.4 Å². The molecule has 1 N–H and O–H groups in total. The molecule has 2 rings (SSSR count). The van der Waals surface area contributed by atoms with Gasteiger partial charge >= 0.3 is 0 Å². The van der Waals surface area contributed by atoms with Crippen molar-refractivity contribution in [3.8, 4) is 5.75 Å². The van der Waals surface area contributed by atoms with Crippen LogP contribution in [0.3, 0.4) is 0 Å². The average molecular weight is 447 g/mol. The van der Waals surface area contributed by atoms with Gasteiger partial charge in [-0.3, -0.25) is 9.59 Å². The number of amides is 2. The Labute approximate surface area is 175 Å². The van der Waals surface area contributed by atoms with Gasteiger partial charge < -0.3 is 15.0 Å². The van der Waals surface area contributed by atoms with Gasteiger partial charge in [0.15, 0.2) is 6.61 Å². The van der Waals surface area contributed by atoms with E-state index >= 15 is 0 Å². The van der Waals surface area contributed by atoms with Crippen molar-refractivity contribution in [3.05, 3.63) is 64.1 Å². The van der Waals surface area contributed by atoms with E-state index < -0.39 is 6.04 Å². The van der Waals surface area contributed by atoms with Crippen LogP contribution in [0, 0.1) is 6.92 Å². The number of ether oxygens (including phenoxy) is 1. The maximum Gasteiger partial charge on any atom is 0.261 e. The standard InChI is InChI=1S/C22H27BrN2O3/c1-4-13-24-22(27)17(3)25(14-18-7-9-19(23)10-8-18)21(26)15-28-20-11-5-16(2)6-12-20/h5-12,17H,4,13-15H2,1-3H3,(H,24,27)/t17-/m1/s1. The molecule has 0 bridgehead atoms. The minimum atomic E-state index is -0.593. The summed E-state index contributed by atoms with van der Waals surface area (Å²) in [6, 6.07) is 14.6. The lowest BCUT2D eigenvalue weighted by Gasteiger charge is -2.28. The van der Waals surface area contributed by atoms with Gasteiger partial charge in [0.1, 0.15) is 11.8 Å². The monoisotopic (exact) mass is 446 g/mol. The van der Waals surface area contributed by atoms with Gasteiger partial charge in [-0.05, 0) is 50.1 Å². The number of benzene rings is 2. The summed E-state index contributed by atoms with van der Waals surface area (Å²) in [6.07, 6.45) is 0.843. The van der Waals surface area contributed by atoms with Crippen LogP contribution in [0.4, 0.5) is 0 Å². The fraction of sp³-hybridized carbons (Fsp3) is 0.364. The van der Waals surface area contributed by atoms with E-state index in [1.807, 2.05) is 62.4 Å². The first-order valence-corrected chi connectivity index (χ1v) is 10.2. The van der Waals surface area contributed by atoms with Crippen LogP contribution < -0.4 is 10.1 Å². The van der Waals surface area contributed by atoms with Crippen molar-refractivity contribution in [2.75, 3.05) is 13.2 Å². The predicted octanol–water partition coefficient (Wildman–Crippen LogP) is 4.08. The highest BCUT2D eigenvalue weighted by molar-refractivity contribution is 9.10. The Balaban J connectivity index is 2.10. The normalized spacial score (nSPS) is 11.6. The predicted molar refractivity (Wildman–Crippen MR) is 114 cm³/mol. The quantitative estimate of drug-likeness (QED) is 0.630. The Morgan fingerprint density at radius 1 is 1.11 bits per heavy atom. The second-order valence-electron chi connectivity index (χ2n) is 6.72. The van der Waals surface area contributed by atoms with Crippen molar-refractivity contribution in [1.82, 2.24) is 10.2 Å². The molecule has 2 aromatic rings. The van der Waals surface area contributed by atoms with Gasteiger partial charge in [0.25, 0.3) is 5.91 Å². The molecule has 6 heteroatoms. The molecule has 0 aliphatic carbocycles. The van der Waals surface area contributed by atoms with Gasteiger partial charge in [-0.15, -0.1) is 0 Å². The maximum absolute atomic E-state index is 12.9. The Hall–Kier alpha value is -2.34. The molecule has 0 aliphatic heterocycles. The van der Waals surface area contributed by atoms with E-state index in [-0.39, 0.29) is 18.4 Å². The first kappa shape index (κ1) is 22.0. The molecule has 0 aliphatic rings. The minimum Gasteiger partial charge on any atom is -0.484 e. The Morgan fingerprint density at radius 3 is 2.36 bits per heavy atom. The molecule has 0 spiro atoms. The SMILES string of the molecule is CCCNC(=O)[C@@H](C)N(Cc1ccc(Br)cc1)C(=O)COc1ccc(C)cc1. The highest BCUT2D eigenvalue weighted by Crippen LogP contribution is 2.16. The number of carbonyl (C=O) groups is 2. The van der Waals surface area contributed by atoms with Crippen molar-refractivity contribution in [2.24, 2.45) is 0 Å². The maximum atomic E-state index is 12.9. The van der Waals surface area contributed by atoms with E-state index in [0.717, 1.165) is 22.0 Å². The first-order valence-electron chi connectivity index (χ1n) is 9.41. The molecule has 0 unspecified atom stereocenters. The Morgan fingerprint density at radius 2 is 1.75 bits per heavy atom. The number of nitrogens with one attached hydrogen (secondary N) is 1. The number of hydrogen-bond acceptors (Lipinski definition) is 3. The van der Waals surface area contributed by atoms with E-state index in [1.165, 1.54) is 0 Å². The largest absolute Gasteiger partial charge is 0.484 e. The molecule has 0 fully saturated rings. The summed E-state index contributed by atoms with van der Waals surface area (Å²) in [5.41, 5.74) is 2.07. The van der Waals surface area contributed by atoms with E-state index in [4.69, 9.17) is 4.74 Å². The Bertz CT molecular complexity index is 775. The van der Waals surface area contributed by atoms with Crippen LogP contribution in [-0.4, -0.2) is 35.9 Å². The van der Waals surface area contributed by atoms with Crippen LogP contribution in [0.5, 0.6) is 5.75 Å². The molecular weight excluding hydrogens is 420 g/mol. The average Bonchev–Trinajstić information content (AvgIpc) is 2.70. The molecule has 1 atom stereocenters. The fourth-order valence-electron chi connectivity index (χ4n) is 2.63. The van der Waals surface area contributed by atoms with Gasteiger partial charge in [-0.25, -0.2) is 0 Å². The smallest absolute Gasteiger partial charge is 0.261 e. The molecule has 0 saturated heterocycles. The summed E-state index contributed by atoms with van der Waals surface area (Å²) in [6.45, 7) is 6.53. The zero-order valence-corrected chi connectivity index (χ0v) is 18.2. The van der Waals surface area contributed by atoms with Crippen molar-refractivity contribution >= 4 is 27.7 Å². The molecule has 2 amide bonds. The zero-order chi connectivity index (χ0) is 20.5. The third-order valence-electron chi connectivity index (χ3n) is 4.37. The van der Waals surface area contributed by atoms with Crippen LogP contribution in [0.25, 0.3) is 0 Å². The molecule has 5 nitrogen and oxygen atoms in total. The summed E-state index contributed by atoms with van der Waals surface area (Å²) in [5, 5.41) is 2.86. The molecule has 150 valence electrons. The van der Waals surface area contributed by atoms with Gasteiger partial charge in [0, 0.05) is 17.6 Å². The lowest BCUT2D eigenvalue weighted by Crippen LogP contribution is -2.49. The van der Waals surface area contributed by atoms with Crippen molar-refractivity contribution in [2.45, 2.75) is 39.8 Å². The number of aryl methyl sites for hydroxylation is 1. The van der Waals surface area contributed by atoms with E-state index in [1.54, 1.807) is 11.8 Å². The van der Waals surface area contributed by atoms with Crippen LogP contribution >= 0.6 is 15.9 Å². The number of nitrogens with zero attached hydrogens (tertiary/aromatic N) is 1.